The fourth-order valence-electron chi connectivity index (χ4n) is 3.11. The zero-order valence-electron chi connectivity index (χ0n) is 11.2. The molecule has 0 N–H and O–H groups in total. The first-order valence-electron chi connectivity index (χ1n) is 6.98. The minimum atomic E-state index is -3.08. The molecule has 1 saturated carbocycles. The van der Waals surface area contributed by atoms with Gasteiger partial charge in [0.2, 0.25) is 10.0 Å². The second-order valence-electron chi connectivity index (χ2n) is 5.90. The van der Waals surface area contributed by atoms with Crippen molar-refractivity contribution in [1.29, 1.82) is 0 Å². The van der Waals surface area contributed by atoms with Crippen LogP contribution >= 0.6 is 0 Å². The molecule has 20 heavy (non-hydrogen) atoms. The van der Waals surface area contributed by atoms with Gasteiger partial charge in [-0.15, -0.1) is 0 Å². The molecule has 1 aromatic heterocycles. The fourth-order valence-corrected chi connectivity index (χ4v) is 5.02. The molecule has 0 amide bonds. The van der Waals surface area contributed by atoms with Gasteiger partial charge in [-0.1, -0.05) is 5.16 Å². The summed E-state index contributed by atoms with van der Waals surface area (Å²) in [6.07, 6.45) is 2.14. The molecule has 0 unspecified atom stereocenters. The Kier molecular flexibility index (Phi) is 2.71. The van der Waals surface area contributed by atoms with Crippen LogP contribution in [0.15, 0.2) is 4.52 Å². The first-order valence-corrected chi connectivity index (χ1v) is 8.49. The van der Waals surface area contributed by atoms with Crippen molar-refractivity contribution in [3.05, 3.63) is 11.7 Å². The molecule has 8 heteroatoms. The van der Waals surface area contributed by atoms with E-state index in [4.69, 9.17) is 9.26 Å². The van der Waals surface area contributed by atoms with Gasteiger partial charge >= 0.3 is 0 Å². The molecule has 1 aliphatic carbocycles. The molecule has 3 aliphatic rings. The number of hydrogen-bond donors (Lipinski definition) is 0. The molecular weight excluding hydrogens is 282 g/mol. The second kappa shape index (κ2) is 4.25. The number of fused-ring (bicyclic) bond motifs is 1. The molecular formula is C12H17N3O4S. The van der Waals surface area contributed by atoms with E-state index in [1.54, 1.807) is 11.2 Å². The van der Waals surface area contributed by atoms with Gasteiger partial charge in [-0.2, -0.15) is 9.29 Å². The van der Waals surface area contributed by atoms with E-state index in [0.717, 1.165) is 19.3 Å². The highest BCUT2D eigenvalue weighted by atomic mass is 32.2. The van der Waals surface area contributed by atoms with Crippen LogP contribution in [0.3, 0.4) is 0 Å². The number of nitrogens with zero attached hydrogens (tertiary/aromatic N) is 3. The van der Waals surface area contributed by atoms with Crippen molar-refractivity contribution in [3.63, 3.8) is 0 Å². The molecule has 0 bridgehead atoms. The van der Waals surface area contributed by atoms with E-state index in [-0.39, 0.29) is 23.4 Å². The van der Waals surface area contributed by atoms with Crippen molar-refractivity contribution in [2.45, 2.75) is 43.6 Å². The summed E-state index contributed by atoms with van der Waals surface area (Å²) in [4.78, 5) is 4.19. The maximum absolute atomic E-state index is 12.2. The standard InChI is InChI=1S/C12H17N3O4S/c1-7-13-12(19-14-7)10-4-8-5-15(6-11(8)18-10)20(16,17)9-2-3-9/h8-11H,2-6H2,1H3/t8-,10-,11+/m0/s1. The van der Waals surface area contributed by atoms with Crippen molar-refractivity contribution in [3.8, 4) is 0 Å². The highest BCUT2D eigenvalue weighted by Crippen LogP contribution is 2.43. The third-order valence-corrected chi connectivity index (χ3v) is 6.66. The Bertz CT molecular complexity index is 610. The van der Waals surface area contributed by atoms with Gasteiger partial charge in [-0.05, 0) is 26.2 Å². The van der Waals surface area contributed by atoms with Gasteiger partial charge in [-0.3, -0.25) is 0 Å². The Hall–Kier alpha value is -0.990. The summed E-state index contributed by atoms with van der Waals surface area (Å²) in [7, 11) is -3.08. The Morgan fingerprint density at radius 2 is 2.10 bits per heavy atom. The Balaban J connectivity index is 1.45. The van der Waals surface area contributed by atoms with Gasteiger partial charge in [0, 0.05) is 19.0 Å². The number of aromatic nitrogens is 2. The highest BCUT2D eigenvalue weighted by Gasteiger charge is 2.50. The Morgan fingerprint density at radius 3 is 2.70 bits per heavy atom. The monoisotopic (exact) mass is 299 g/mol. The average molecular weight is 299 g/mol. The van der Waals surface area contributed by atoms with Crippen LogP contribution in [0.5, 0.6) is 0 Å². The summed E-state index contributed by atoms with van der Waals surface area (Å²) in [5.74, 6) is 1.34. The van der Waals surface area contributed by atoms with E-state index in [9.17, 15) is 8.42 Å². The molecule has 1 aromatic rings. The zero-order valence-corrected chi connectivity index (χ0v) is 12.0. The van der Waals surface area contributed by atoms with Crippen molar-refractivity contribution in [2.75, 3.05) is 13.1 Å². The van der Waals surface area contributed by atoms with Crippen molar-refractivity contribution < 1.29 is 17.7 Å². The molecule has 3 heterocycles. The third kappa shape index (κ3) is 1.97. The lowest BCUT2D eigenvalue weighted by Crippen LogP contribution is -2.33. The Labute approximate surface area is 117 Å². The molecule has 4 rings (SSSR count). The molecule has 3 atom stereocenters. The van der Waals surface area contributed by atoms with Gasteiger partial charge in [0.25, 0.3) is 5.89 Å². The lowest BCUT2D eigenvalue weighted by atomic mass is 10.0. The molecule has 110 valence electrons. The third-order valence-electron chi connectivity index (χ3n) is 4.33. The maximum atomic E-state index is 12.2. The minimum absolute atomic E-state index is 0.0410. The van der Waals surface area contributed by atoms with Crippen molar-refractivity contribution in [1.82, 2.24) is 14.4 Å². The van der Waals surface area contributed by atoms with E-state index in [1.165, 1.54) is 0 Å². The molecule has 0 aromatic carbocycles. The van der Waals surface area contributed by atoms with Crippen LogP contribution in [0, 0.1) is 12.8 Å². The second-order valence-corrected chi connectivity index (χ2v) is 8.11. The summed E-state index contributed by atoms with van der Waals surface area (Å²) in [5.41, 5.74) is 0. The van der Waals surface area contributed by atoms with E-state index in [0.29, 0.717) is 24.8 Å². The molecule has 3 fully saturated rings. The molecule has 2 aliphatic heterocycles. The molecule has 0 spiro atoms. The lowest BCUT2D eigenvalue weighted by Gasteiger charge is -2.17. The van der Waals surface area contributed by atoms with Gasteiger partial charge in [-0.25, -0.2) is 8.42 Å². The van der Waals surface area contributed by atoms with Gasteiger partial charge in [0.15, 0.2) is 5.82 Å². The molecule has 0 radical (unpaired) electrons. The number of sulfonamides is 1. The average Bonchev–Trinajstić information content (AvgIpc) is 2.86. The van der Waals surface area contributed by atoms with Crippen molar-refractivity contribution in [2.24, 2.45) is 5.92 Å². The van der Waals surface area contributed by atoms with Gasteiger partial charge in [0.1, 0.15) is 6.10 Å². The number of hydrogen-bond acceptors (Lipinski definition) is 6. The fraction of sp³-hybridized carbons (Fsp3) is 0.833. The van der Waals surface area contributed by atoms with Crippen LogP contribution in [0.2, 0.25) is 0 Å². The molecule has 2 saturated heterocycles. The largest absolute Gasteiger partial charge is 0.363 e. The highest BCUT2D eigenvalue weighted by molar-refractivity contribution is 7.90. The summed E-state index contributed by atoms with van der Waals surface area (Å²) in [6, 6.07) is 0. The summed E-state index contributed by atoms with van der Waals surface area (Å²) in [6.45, 7) is 2.80. The summed E-state index contributed by atoms with van der Waals surface area (Å²) in [5, 5.41) is 3.63. The van der Waals surface area contributed by atoms with E-state index < -0.39 is 10.0 Å². The van der Waals surface area contributed by atoms with E-state index >= 15 is 0 Å². The van der Waals surface area contributed by atoms with E-state index in [2.05, 4.69) is 10.1 Å². The molecule has 7 nitrogen and oxygen atoms in total. The number of rotatable bonds is 3. The van der Waals surface area contributed by atoms with Crippen LogP contribution in [0.1, 0.15) is 37.1 Å². The first-order chi connectivity index (χ1) is 9.54. The number of ether oxygens (including phenoxy) is 1. The van der Waals surface area contributed by atoms with Gasteiger partial charge < -0.3 is 9.26 Å². The SMILES string of the molecule is Cc1noc([C@@H]2C[C@H]3CN(S(=O)(=O)C4CC4)C[C@H]3O2)n1. The zero-order chi connectivity index (χ0) is 13.9. The Morgan fingerprint density at radius 1 is 1.30 bits per heavy atom. The predicted molar refractivity (Wildman–Crippen MR) is 68.3 cm³/mol. The lowest BCUT2D eigenvalue weighted by molar-refractivity contribution is 0.0251. The van der Waals surface area contributed by atoms with E-state index in [1.807, 2.05) is 0 Å². The predicted octanol–water partition coefficient (Wildman–Crippen LogP) is 0.632. The summed E-state index contributed by atoms with van der Waals surface area (Å²) >= 11 is 0. The quantitative estimate of drug-likeness (QED) is 0.814. The van der Waals surface area contributed by atoms with Crippen LogP contribution < -0.4 is 0 Å². The minimum Gasteiger partial charge on any atom is -0.363 e. The first kappa shape index (κ1) is 12.7. The van der Waals surface area contributed by atoms with Crippen LogP contribution in [0.25, 0.3) is 0 Å². The van der Waals surface area contributed by atoms with Crippen LogP contribution in [0.4, 0.5) is 0 Å². The number of aryl methyl sites for hydroxylation is 1. The maximum Gasteiger partial charge on any atom is 0.255 e. The van der Waals surface area contributed by atoms with Crippen LogP contribution in [-0.2, 0) is 14.8 Å². The van der Waals surface area contributed by atoms with Gasteiger partial charge in [0.05, 0.1) is 11.4 Å². The topological polar surface area (TPSA) is 85.5 Å². The summed E-state index contributed by atoms with van der Waals surface area (Å²) < 4.78 is 37.1. The van der Waals surface area contributed by atoms with Crippen molar-refractivity contribution >= 4 is 10.0 Å². The van der Waals surface area contributed by atoms with Crippen LogP contribution in [-0.4, -0.2) is 47.3 Å². The normalized spacial score (nSPS) is 34.5. The smallest absolute Gasteiger partial charge is 0.255 e.